The fourth-order valence-electron chi connectivity index (χ4n) is 2.14. The quantitative estimate of drug-likeness (QED) is 0.755. The molecule has 0 amide bonds. The number of nitrogens with zero attached hydrogens (tertiary/aromatic N) is 5. The lowest BCUT2D eigenvalue weighted by molar-refractivity contribution is -0.121. The van der Waals surface area contributed by atoms with E-state index in [9.17, 15) is 4.79 Å². The number of carbonyl (C=O) groups excluding carboxylic acids is 1. The maximum Gasteiger partial charge on any atom is 0.342 e. The van der Waals surface area contributed by atoms with Crippen molar-refractivity contribution in [2.24, 2.45) is 7.05 Å². The van der Waals surface area contributed by atoms with Gasteiger partial charge in [0.25, 0.3) is 5.17 Å². The number of hydrogen-bond acceptors (Lipinski definition) is 7. The Labute approximate surface area is 128 Å². The maximum atomic E-state index is 12.3. The standard InChI is InChI=1S/C12H20N6O2S/c1-8(2)18(7-10(19)9-5-4-6-13-9)12(21)20-11-14-15-16-17(11)3/h8-9,13H,4-7H2,1-3H3/t9-/m0/s1. The molecule has 1 N–H and O–H groups in total. The van der Waals surface area contributed by atoms with Crippen molar-refractivity contribution in [2.45, 2.75) is 38.8 Å². The number of rotatable bonds is 5. The molecule has 1 aromatic rings. The Morgan fingerprint density at radius 1 is 1.62 bits per heavy atom. The molecule has 0 aliphatic carbocycles. The highest BCUT2D eigenvalue weighted by atomic mass is 32.1. The van der Waals surface area contributed by atoms with Crippen LogP contribution in [0.1, 0.15) is 26.7 Å². The van der Waals surface area contributed by atoms with E-state index in [2.05, 4.69) is 20.8 Å². The van der Waals surface area contributed by atoms with Gasteiger partial charge in [-0.2, -0.15) is 4.68 Å². The van der Waals surface area contributed by atoms with Gasteiger partial charge in [-0.3, -0.25) is 4.79 Å². The number of carbonyl (C=O) groups is 1. The highest BCUT2D eigenvalue weighted by Gasteiger charge is 2.27. The third-order valence-corrected chi connectivity index (χ3v) is 3.71. The summed E-state index contributed by atoms with van der Waals surface area (Å²) in [5.74, 6) is 0.128. The number of ketones is 1. The molecule has 116 valence electrons. The molecule has 1 fully saturated rings. The Morgan fingerprint density at radius 3 is 2.90 bits per heavy atom. The van der Waals surface area contributed by atoms with Crippen LogP contribution in [0.5, 0.6) is 6.01 Å². The van der Waals surface area contributed by atoms with Crippen molar-refractivity contribution in [3.8, 4) is 6.01 Å². The van der Waals surface area contributed by atoms with E-state index in [0.29, 0.717) is 0 Å². The van der Waals surface area contributed by atoms with Crippen molar-refractivity contribution in [3.63, 3.8) is 0 Å². The number of aromatic nitrogens is 4. The van der Waals surface area contributed by atoms with E-state index >= 15 is 0 Å². The third kappa shape index (κ3) is 3.94. The number of thiocarbonyl (C=S) groups is 1. The van der Waals surface area contributed by atoms with Crippen LogP contribution in [-0.4, -0.2) is 61.2 Å². The summed E-state index contributed by atoms with van der Waals surface area (Å²) in [4.78, 5) is 14.0. The van der Waals surface area contributed by atoms with Crippen molar-refractivity contribution < 1.29 is 9.53 Å². The minimum atomic E-state index is -0.0782. The monoisotopic (exact) mass is 312 g/mol. The first-order chi connectivity index (χ1) is 9.99. The first kappa shape index (κ1) is 15.8. The van der Waals surface area contributed by atoms with Gasteiger partial charge in [0.05, 0.1) is 12.6 Å². The van der Waals surface area contributed by atoms with Crippen LogP contribution < -0.4 is 10.1 Å². The first-order valence-electron chi connectivity index (χ1n) is 6.96. The second kappa shape index (κ2) is 6.90. The van der Waals surface area contributed by atoms with Gasteiger partial charge < -0.3 is 15.0 Å². The minimum Gasteiger partial charge on any atom is -0.396 e. The molecule has 0 radical (unpaired) electrons. The van der Waals surface area contributed by atoms with Gasteiger partial charge in [-0.05, 0) is 55.9 Å². The average molecular weight is 312 g/mol. The lowest BCUT2D eigenvalue weighted by Crippen LogP contribution is -2.46. The van der Waals surface area contributed by atoms with Crippen LogP contribution in [0.25, 0.3) is 0 Å². The number of tetrazole rings is 1. The van der Waals surface area contributed by atoms with E-state index in [1.807, 2.05) is 13.8 Å². The van der Waals surface area contributed by atoms with Crippen LogP contribution in [0, 0.1) is 0 Å². The van der Waals surface area contributed by atoms with E-state index in [0.717, 1.165) is 19.4 Å². The van der Waals surface area contributed by atoms with Crippen molar-refractivity contribution in [3.05, 3.63) is 0 Å². The molecule has 1 saturated heterocycles. The molecule has 1 atom stereocenters. The second-order valence-corrected chi connectivity index (χ2v) is 5.64. The SMILES string of the molecule is CC(C)N(CC(=O)[C@@H]1CCCN1)C(=S)Oc1nnnn1C. The molecule has 2 heterocycles. The van der Waals surface area contributed by atoms with Crippen molar-refractivity contribution in [1.29, 1.82) is 0 Å². The number of aryl methyl sites for hydroxylation is 1. The Bertz CT molecular complexity index is 512. The van der Waals surface area contributed by atoms with E-state index in [4.69, 9.17) is 17.0 Å². The van der Waals surface area contributed by atoms with Crippen LogP contribution in [0.3, 0.4) is 0 Å². The Balaban J connectivity index is 1.99. The zero-order valence-corrected chi connectivity index (χ0v) is 13.3. The lowest BCUT2D eigenvalue weighted by Gasteiger charge is -2.28. The molecule has 21 heavy (non-hydrogen) atoms. The molecular weight excluding hydrogens is 292 g/mol. The Hall–Kier alpha value is -1.61. The van der Waals surface area contributed by atoms with Gasteiger partial charge >= 0.3 is 6.01 Å². The summed E-state index contributed by atoms with van der Waals surface area (Å²) in [7, 11) is 1.66. The van der Waals surface area contributed by atoms with Crippen LogP contribution in [0.4, 0.5) is 0 Å². The number of hydrogen-bond donors (Lipinski definition) is 1. The third-order valence-electron chi connectivity index (χ3n) is 3.39. The largest absolute Gasteiger partial charge is 0.396 e. The summed E-state index contributed by atoms with van der Waals surface area (Å²) in [5, 5.41) is 14.3. The fraction of sp³-hybridized carbons (Fsp3) is 0.750. The fourth-order valence-corrected chi connectivity index (χ4v) is 2.49. The summed E-state index contributed by atoms with van der Waals surface area (Å²) < 4.78 is 6.86. The topological polar surface area (TPSA) is 85.2 Å². The van der Waals surface area contributed by atoms with Gasteiger partial charge in [-0.25, -0.2) is 0 Å². The molecule has 1 aromatic heterocycles. The van der Waals surface area contributed by atoms with E-state index < -0.39 is 0 Å². The predicted molar refractivity (Wildman–Crippen MR) is 79.9 cm³/mol. The molecule has 0 saturated carbocycles. The molecular formula is C12H20N6O2S. The van der Waals surface area contributed by atoms with Gasteiger partial charge in [0.2, 0.25) is 0 Å². The van der Waals surface area contributed by atoms with Crippen molar-refractivity contribution >= 4 is 23.2 Å². The summed E-state index contributed by atoms with van der Waals surface area (Å²) in [6.45, 7) is 5.03. The smallest absolute Gasteiger partial charge is 0.342 e. The van der Waals surface area contributed by atoms with Gasteiger partial charge in [-0.15, -0.1) is 0 Å². The molecule has 1 aliphatic rings. The highest BCUT2D eigenvalue weighted by Crippen LogP contribution is 2.11. The molecule has 2 rings (SSSR count). The lowest BCUT2D eigenvalue weighted by atomic mass is 10.1. The summed E-state index contributed by atoms with van der Waals surface area (Å²) in [6, 6.07) is 0.173. The molecule has 8 nitrogen and oxygen atoms in total. The number of ether oxygens (including phenoxy) is 1. The summed E-state index contributed by atoms with van der Waals surface area (Å²) >= 11 is 5.27. The summed E-state index contributed by atoms with van der Waals surface area (Å²) in [6.07, 6.45) is 1.91. The molecule has 0 spiro atoms. The number of Topliss-reactive ketones (excluding diaryl/α,β-unsaturated/α-hetero) is 1. The molecule has 1 aliphatic heterocycles. The van der Waals surface area contributed by atoms with E-state index in [1.165, 1.54) is 4.68 Å². The normalized spacial score (nSPS) is 18.0. The zero-order valence-electron chi connectivity index (χ0n) is 12.4. The zero-order chi connectivity index (χ0) is 15.4. The predicted octanol–water partition coefficient (Wildman–Crippen LogP) is -0.0947. The average Bonchev–Trinajstić information content (AvgIpc) is 3.08. The van der Waals surface area contributed by atoms with Crippen LogP contribution in [0.15, 0.2) is 0 Å². The molecule has 0 bridgehead atoms. The summed E-state index contributed by atoms with van der Waals surface area (Å²) in [5.41, 5.74) is 0. The van der Waals surface area contributed by atoms with Gasteiger partial charge in [0, 0.05) is 13.1 Å². The van der Waals surface area contributed by atoms with Crippen LogP contribution in [-0.2, 0) is 11.8 Å². The second-order valence-electron chi connectivity index (χ2n) is 5.29. The van der Waals surface area contributed by atoms with Gasteiger partial charge in [0.15, 0.2) is 5.78 Å². The van der Waals surface area contributed by atoms with Crippen molar-refractivity contribution in [2.75, 3.05) is 13.1 Å². The Morgan fingerprint density at radius 2 is 2.38 bits per heavy atom. The van der Waals surface area contributed by atoms with Crippen molar-refractivity contribution in [1.82, 2.24) is 30.4 Å². The van der Waals surface area contributed by atoms with E-state index in [1.54, 1.807) is 11.9 Å². The molecule has 0 unspecified atom stereocenters. The maximum absolute atomic E-state index is 12.3. The number of nitrogens with one attached hydrogen (secondary N) is 1. The molecule has 9 heteroatoms. The first-order valence-corrected chi connectivity index (χ1v) is 7.36. The Kier molecular flexibility index (Phi) is 5.18. The molecule has 0 aromatic carbocycles. The highest BCUT2D eigenvalue weighted by molar-refractivity contribution is 7.80. The van der Waals surface area contributed by atoms with Gasteiger partial charge in [-0.1, -0.05) is 5.10 Å². The van der Waals surface area contributed by atoms with E-state index in [-0.39, 0.29) is 35.6 Å². The van der Waals surface area contributed by atoms with Crippen LogP contribution >= 0.6 is 12.2 Å². The minimum absolute atomic E-state index is 0.0454. The van der Waals surface area contributed by atoms with Gasteiger partial charge in [0.1, 0.15) is 0 Å². The van der Waals surface area contributed by atoms with Crippen LogP contribution in [0.2, 0.25) is 0 Å².